The van der Waals surface area contributed by atoms with Gasteiger partial charge < -0.3 is 19.5 Å². The van der Waals surface area contributed by atoms with Crippen LogP contribution in [0, 0.1) is 5.92 Å². The third kappa shape index (κ3) is 4.80. The topological polar surface area (TPSA) is 76.1 Å². The Balaban J connectivity index is 2.51. The number of morpholine rings is 1. The molecule has 19 heavy (non-hydrogen) atoms. The number of hydrogen-bond acceptors (Lipinski definition) is 4. The summed E-state index contributed by atoms with van der Waals surface area (Å²) >= 11 is 0. The number of carboxylic acid groups (broad SMARTS) is 1. The van der Waals surface area contributed by atoms with Gasteiger partial charge in [0, 0.05) is 13.2 Å². The van der Waals surface area contributed by atoms with Crippen molar-refractivity contribution in [3.8, 4) is 0 Å². The van der Waals surface area contributed by atoms with Gasteiger partial charge in [0.05, 0.1) is 13.2 Å². The van der Waals surface area contributed by atoms with E-state index in [2.05, 4.69) is 13.8 Å². The smallest absolute Gasteiger partial charge is 0.328 e. The number of hydrogen-bond donors (Lipinski definition) is 1. The predicted octanol–water partition coefficient (Wildman–Crippen LogP) is 0.750. The summed E-state index contributed by atoms with van der Waals surface area (Å²) in [5.74, 6) is -0.806. The molecule has 0 unspecified atom stereocenters. The van der Waals surface area contributed by atoms with Gasteiger partial charge in [0.1, 0.15) is 6.10 Å². The Morgan fingerprint density at radius 3 is 2.68 bits per heavy atom. The molecule has 6 heteroatoms. The van der Waals surface area contributed by atoms with E-state index in [9.17, 15) is 9.59 Å². The van der Waals surface area contributed by atoms with E-state index >= 15 is 0 Å². The second kappa shape index (κ2) is 7.45. The van der Waals surface area contributed by atoms with Crippen molar-refractivity contribution in [2.24, 2.45) is 5.92 Å². The molecule has 0 saturated carbocycles. The second-order valence-electron chi connectivity index (χ2n) is 5.16. The first kappa shape index (κ1) is 15.9. The molecule has 1 amide bonds. The number of aliphatic carboxylic acids is 1. The van der Waals surface area contributed by atoms with Gasteiger partial charge in [0.2, 0.25) is 0 Å². The van der Waals surface area contributed by atoms with E-state index in [1.165, 1.54) is 4.90 Å². The van der Waals surface area contributed by atoms with Crippen LogP contribution in [-0.2, 0) is 19.1 Å². The monoisotopic (exact) mass is 273 g/mol. The maximum Gasteiger partial charge on any atom is 0.328 e. The van der Waals surface area contributed by atoms with Gasteiger partial charge in [-0.1, -0.05) is 13.8 Å². The largest absolute Gasteiger partial charge is 0.480 e. The van der Waals surface area contributed by atoms with Crippen LogP contribution >= 0.6 is 0 Å². The first-order valence-electron chi connectivity index (χ1n) is 6.66. The number of nitrogens with zero attached hydrogens (tertiary/aromatic N) is 1. The number of amides is 1. The maximum absolute atomic E-state index is 12.2. The lowest BCUT2D eigenvalue weighted by atomic mass is 10.1. The van der Waals surface area contributed by atoms with Crippen LogP contribution in [0.2, 0.25) is 0 Å². The summed E-state index contributed by atoms with van der Waals surface area (Å²) in [5, 5.41) is 9.07. The number of carbonyl (C=O) groups excluding carboxylic acids is 1. The minimum Gasteiger partial charge on any atom is -0.480 e. The Bertz CT molecular complexity index is 318. The summed E-state index contributed by atoms with van der Waals surface area (Å²) in [6.45, 7) is 7.04. The first-order chi connectivity index (χ1) is 8.93. The number of rotatable bonds is 6. The van der Waals surface area contributed by atoms with Crippen LogP contribution in [0.4, 0.5) is 0 Å². The van der Waals surface area contributed by atoms with Crippen LogP contribution in [0.25, 0.3) is 0 Å². The molecule has 6 nitrogen and oxygen atoms in total. The Kier molecular flexibility index (Phi) is 6.24. The van der Waals surface area contributed by atoms with Gasteiger partial charge in [-0.05, 0) is 19.3 Å². The summed E-state index contributed by atoms with van der Waals surface area (Å²) in [7, 11) is 0. The Morgan fingerprint density at radius 1 is 1.42 bits per heavy atom. The molecule has 1 N–H and O–H groups in total. The Labute approximate surface area is 113 Å². The first-order valence-corrected chi connectivity index (χ1v) is 6.66. The third-order valence-corrected chi connectivity index (χ3v) is 3.11. The van der Waals surface area contributed by atoms with E-state index in [-0.39, 0.29) is 12.5 Å². The van der Waals surface area contributed by atoms with E-state index in [1.54, 1.807) is 6.92 Å². The molecule has 2 atom stereocenters. The fourth-order valence-corrected chi connectivity index (χ4v) is 1.86. The zero-order valence-corrected chi connectivity index (χ0v) is 11.8. The van der Waals surface area contributed by atoms with Gasteiger partial charge in [-0.15, -0.1) is 0 Å². The minimum absolute atomic E-state index is 0.0415. The highest BCUT2D eigenvalue weighted by atomic mass is 16.5. The van der Waals surface area contributed by atoms with E-state index in [1.807, 2.05) is 0 Å². The van der Waals surface area contributed by atoms with Gasteiger partial charge in [0.15, 0.2) is 6.04 Å². The highest BCUT2D eigenvalue weighted by Gasteiger charge is 2.34. The van der Waals surface area contributed by atoms with Gasteiger partial charge >= 0.3 is 5.97 Å². The molecule has 0 radical (unpaired) electrons. The SMILES string of the molecule is CC(C)CCO[C@@H](C)C(=O)N1CCOC[C@@H]1C(=O)O. The third-order valence-electron chi connectivity index (χ3n) is 3.11. The highest BCUT2D eigenvalue weighted by molar-refractivity contribution is 5.86. The fraction of sp³-hybridized carbons (Fsp3) is 0.846. The quantitative estimate of drug-likeness (QED) is 0.773. The van der Waals surface area contributed by atoms with E-state index in [0.29, 0.717) is 25.7 Å². The summed E-state index contributed by atoms with van der Waals surface area (Å²) in [5.41, 5.74) is 0. The summed E-state index contributed by atoms with van der Waals surface area (Å²) < 4.78 is 10.6. The molecule has 0 aromatic rings. The summed E-state index contributed by atoms with van der Waals surface area (Å²) in [4.78, 5) is 24.6. The zero-order valence-electron chi connectivity index (χ0n) is 11.8. The van der Waals surface area contributed by atoms with Crippen LogP contribution in [0.5, 0.6) is 0 Å². The van der Waals surface area contributed by atoms with Gasteiger partial charge in [-0.3, -0.25) is 4.79 Å². The fourth-order valence-electron chi connectivity index (χ4n) is 1.86. The van der Waals surface area contributed by atoms with Crippen molar-refractivity contribution in [3.63, 3.8) is 0 Å². The van der Waals surface area contributed by atoms with Crippen molar-refractivity contribution < 1.29 is 24.2 Å². The second-order valence-corrected chi connectivity index (χ2v) is 5.16. The molecule has 0 bridgehead atoms. The van der Waals surface area contributed by atoms with Gasteiger partial charge in [0.25, 0.3) is 5.91 Å². The zero-order chi connectivity index (χ0) is 14.4. The van der Waals surface area contributed by atoms with Crippen molar-refractivity contribution in [1.82, 2.24) is 4.90 Å². The molecular weight excluding hydrogens is 250 g/mol. The highest BCUT2D eigenvalue weighted by Crippen LogP contribution is 2.11. The molecule has 0 spiro atoms. The molecule has 1 heterocycles. The van der Waals surface area contributed by atoms with Crippen LogP contribution in [0.3, 0.4) is 0 Å². The Hall–Kier alpha value is -1.14. The Morgan fingerprint density at radius 2 is 2.11 bits per heavy atom. The lowest BCUT2D eigenvalue weighted by Crippen LogP contribution is -2.55. The molecule has 0 aromatic heterocycles. The van der Waals surface area contributed by atoms with E-state index in [4.69, 9.17) is 14.6 Å². The molecular formula is C13H23NO5. The van der Waals surface area contributed by atoms with Crippen LogP contribution in [-0.4, -0.2) is 60.4 Å². The van der Waals surface area contributed by atoms with Gasteiger partial charge in [-0.25, -0.2) is 4.79 Å². The lowest BCUT2D eigenvalue weighted by Gasteiger charge is -2.34. The van der Waals surface area contributed by atoms with Gasteiger partial charge in [-0.2, -0.15) is 0 Å². The normalized spacial score (nSPS) is 21.5. The molecule has 1 aliphatic rings. The van der Waals surface area contributed by atoms with Crippen LogP contribution < -0.4 is 0 Å². The van der Waals surface area contributed by atoms with Crippen molar-refractivity contribution in [3.05, 3.63) is 0 Å². The van der Waals surface area contributed by atoms with Crippen LogP contribution in [0.1, 0.15) is 27.2 Å². The minimum atomic E-state index is -1.04. The van der Waals surface area contributed by atoms with E-state index in [0.717, 1.165) is 6.42 Å². The van der Waals surface area contributed by atoms with Crippen molar-refractivity contribution in [1.29, 1.82) is 0 Å². The molecule has 1 saturated heterocycles. The molecule has 1 fully saturated rings. The average Bonchev–Trinajstić information content (AvgIpc) is 2.37. The van der Waals surface area contributed by atoms with Crippen molar-refractivity contribution >= 4 is 11.9 Å². The maximum atomic E-state index is 12.2. The number of carbonyl (C=O) groups is 2. The standard InChI is InChI=1S/C13H23NO5/c1-9(2)4-6-19-10(3)12(15)14-5-7-18-8-11(14)13(16)17/h9-11H,4-8H2,1-3H3,(H,16,17)/t10-,11+/m0/s1. The summed E-state index contributed by atoms with van der Waals surface area (Å²) in [6.07, 6.45) is 0.266. The van der Waals surface area contributed by atoms with E-state index < -0.39 is 18.1 Å². The van der Waals surface area contributed by atoms with Crippen LogP contribution in [0.15, 0.2) is 0 Å². The molecule has 1 rings (SSSR count). The lowest BCUT2D eigenvalue weighted by molar-refractivity contribution is -0.163. The number of carboxylic acids is 1. The van der Waals surface area contributed by atoms with Crippen molar-refractivity contribution in [2.45, 2.75) is 39.3 Å². The number of ether oxygens (including phenoxy) is 2. The average molecular weight is 273 g/mol. The predicted molar refractivity (Wildman–Crippen MR) is 68.8 cm³/mol. The summed E-state index contributed by atoms with van der Waals surface area (Å²) in [6, 6.07) is -0.905. The molecule has 0 aromatic carbocycles. The molecule has 1 aliphatic heterocycles. The molecule has 110 valence electrons. The molecule has 0 aliphatic carbocycles. The van der Waals surface area contributed by atoms with Crippen molar-refractivity contribution in [2.75, 3.05) is 26.4 Å².